The van der Waals surface area contributed by atoms with Gasteiger partial charge in [0.2, 0.25) is 0 Å². The first kappa shape index (κ1) is 15.4. The summed E-state index contributed by atoms with van der Waals surface area (Å²) < 4.78 is 6.28. The lowest BCUT2D eigenvalue weighted by atomic mass is 9.71. The molecule has 0 saturated heterocycles. The first-order valence-corrected chi connectivity index (χ1v) is 9.05. The van der Waals surface area contributed by atoms with Gasteiger partial charge in [0.1, 0.15) is 5.60 Å². The summed E-state index contributed by atoms with van der Waals surface area (Å²) in [5.41, 5.74) is -0.515. The van der Waals surface area contributed by atoms with Gasteiger partial charge in [0, 0.05) is 5.92 Å². The molecule has 0 aromatic rings. The van der Waals surface area contributed by atoms with Crippen LogP contribution < -0.4 is 0 Å². The zero-order chi connectivity index (χ0) is 15.4. The molecule has 0 aromatic heterocycles. The largest absolute Gasteiger partial charge is 0.458 e. The number of carbonyl (C=O) groups is 1. The van der Waals surface area contributed by atoms with Crippen molar-refractivity contribution in [3.05, 3.63) is 0 Å². The highest BCUT2D eigenvalue weighted by atomic mass is 16.6. The van der Waals surface area contributed by atoms with Crippen molar-refractivity contribution >= 4 is 5.97 Å². The van der Waals surface area contributed by atoms with Crippen LogP contribution >= 0.6 is 0 Å². The number of rotatable bonds is 4. The van der Waals surface area contributed by atoms with Crippen molar-refractivity contribution in [3.63, 3.8) is 0 Å². The SMILES string of the molecule is CCC1(OC(=O)C(C)(C)C(C)C)CC2CC1C1CCCC21. The van der Waals surface area contributed by atoms with E-state index in [1.54, 1.807) is 0 Å². The number of esters is 1. The summed E-state index contributed by atoms with van der Waals surface area (Å²) in [6, 6.07) is 0. The highest BCUT2D eigenvalue weighted by Crippen LogP contribution is 2.64. The van der Waals surface area contributed by atoms with E-state index in [-0.39, 0.29) is 17.0 Å². The monoisotopic (exact) mass is 292 g/mol. The normalized spacial score (nSPS) is 41.6. The van der Waals surface area contributed by atoms with E-state index in [1.165, 1.54) is 25.7 Å². The van der Waals surface area contributed by atoms with Gasteiger partial charge in [0.25, 0.3) is 0 Å². The van der Waals surface area contributed by atoms with Crippen LogP contribution in [-0.2, 0) is 9.53 Å². The lowest BCUT2D eigenvalue weighted by Gasteiger charge is -2.43. The summed E-state index contributed by atoms with van der Waals surface area (Å²) in [6.07, 6.45) is 7.65. The molecule has 3 fully saturated rings. The summed E-state index contributed by atoms with van der Waals surface area (Å²) >= 11 is 0. The number of fused-ring (bicyclic) bond motifs is 5. The quantitative estimate of drug-likeness (QED) is 0.695. The standard InChI is InChI=1S/C19H32O2/c1-6-19(21-17(20)18(4,5)12(2)3)11-13-10-16(19)15-9-7-8-14(13)15/h12-16H,6-11H2,1-5H3. The summed E-state index contributed by atoms with van der Waals surface area (Å²) in [7, 11) is 0. The Labute approximate surface area is 130 Å². The smallest absolute Gasteiger partial charge is 0.312 e. The highest BCUT2D eigenvalue weighted by Gasteiger charge is 2.62. The first-order chi connectivity index (χ1) is 9.82. The van der Waals surface area contributed by atoms with E-state index in [0.717, 1.165) is 30.6 Å². The summed E-state index contributed by atoms with van der Waals surface area (Å²) in [4.78, 5) is 12.8. The predicted molar refractivity (Wildman–Crippen MR) is 84.8 cm³/mol. The molecular weight excluding hydrogens is 260 g/mol. The molecule has 3 aliphatic carbocycles. The molecule has 2 nitrogen and oxygen atoms in total. The van der Waals surface area contributed by atoms with Crippen molar-refractivity contribution in [2.24, 2.45) is 35.0 Å². The average Bonchev–Trinajstić information content (AvgIpc) is 3.09. The van der Waals surface area contributed by atoms with Crippen molar-refractivity contribution in [2.45, 2.75) is 78.7 Å². The molecule has 0 N–H and O–H groups in total. The van der Waals surface area contributed by atoms with Crippen LogP contribution in [0.5, 0.6) is 0 Å². The van der Waals surface area contributed by atoms with Gasteiger partial charge in [-0.2, -0.15) is 0 Å². The maximum atomic E-state index is 12.8. The summed E-state index contributed by atoms with van der Waals surface area (Å²) in [6.45, 7) is 10.5. The second-order valence-corrected chi connectivity index (χ2v) is 8.75. The van der Waals surface area contributed by atoms with Crippen LogP contribution in [0.25, 0.3) is 0 Å². The van der Waals surface area contributed by atoms with E-state index in [2.05, 4.69) is 20.8 Å². The third-order valence-electron chi connectivity index (χ3n) is 7.45. The first-order valence-electron chi connectivity index (χ1n) is 9.05. The Kier molecular flexibility index (Phi) is 3.65. The Balaban J connectivity index is 1.79. The van der Waals surface area contributed by atoms with Crippen LogP contribution in [0.15, 0.2) is 0 Å². The lowest BCUT2D eigenvalue weighted by molar-refractivity contribution is -0.183. The molecule has 0 radical (unpaired) electrons. The molecule has 0 heterocycles. The fourth-order valence-corrected chi connectivity index (χ4v) is 5.36. The molecule has 5 unspecified atom stereocenters. The van der Waals surface area contributed by atoms with E-state index in [4.69, 9.17) is 4.74 Å². The maximum Gasteiger partial charge on any atom is 0.312 e. The Hall–Kier alpha value is -0.530. The second-order valence-electron chi connectivity index (χ2n) is 8.75. The number of ether oxygens (including phenoxy) is 1. The molecule has 5 atom stereocenters. The molecule has 3 rings (SSSR count). The predicted octanol–water partition coefficient (Wildman–Crippen LogP) is 4.82. The highest BCUT2D eigenvalue weighted by molar-refractivity contribution is 5.76. The van der Waals surface area contributed by atoms with Crippen molar-refractivity contribution in [1.29, 1.82) is 0 Å². The van der Waals surface area contributed by atoms with Gasteiger partial charge in [-0.05, 0) is 69.6 Å². The fraction of sp³-hybridized carbons (Fsp3) is 0.947. The van der Waals surface area contributed by atoms with E-state index in [9.17, 15) is 4.79 Å². The molecule has 3 saturated carbocycles. The Bertz CT molecular complexity index is 425. The van der Waals surface area contributed by atoms with Crippen LogP contribution in [0.2, 0.25) is 0 Å². The summed E-state index contributed by atoms with van der Waals surface area (Å²) in [5.74, 6) is 3.62. The van der Waals surface area contributed by atoms with E-state index < -0.39 is 0 Å². The third-order valence-corrected chi connectivity index (χ3v) is 7.45. The van der Waals surface area contributed by atoms with E-state index >= 15 is 0 Å². The molecule has 3 aliphatic rings. The minimum Gasteiger partial charge on any atom is -0.458 e. The molecule has 120 valence electrons. The maximum absolute atomic E-state index is 12.8. The van der Waals surface area contributed by atoms with Crippen LogP contribution in [0.3, 0.4) is 0 Å². The summed E-state index contributed by atoms with van der Waals surface area (Å²) in [5, 5.41) is 0. The molecule has 0 aromatic carbocycles. The third kappa shape index (κ3) is 2.16. The fourth-order valence-electron chi connectivity index (χ4n) is 5.36. The number of hydrogen-bond acceptors (Lipinski definition) is 2. The average molecular weight is 292 g/mol. The Morgan fingerprint density at radius 1 is 1.29 bits per heavy atom. The van der Waals surface area contributed by atoms with Gasteiger partial charge in [0.15, 0.2) is 0 Å². The van der Waals surface area contributed by atoms with E-state index in [0.29, 0.717) is 11.8 Å². The molecule has 0 aliphatic heterocycles. The van der Waals surface area contributed by atoms with Gasteiger partial charge >= 0.3 is 5.97 Å². The minimum absolute atomic E-state index is 0.0291. The topological polar surface area (TPSA) is 26.3 Å². The van der Waals surface area contributed by atoms with Crippen molar-refractivity contribution in [2.75, 3.05) is 0 Å². The van der Waals surface area contributed by atoms with Crippen LogP contribution in [0, 0.1) is 35.0 Å². The molecular formula is C19H32O2. The van der Waals surface area contributed by atoms with Crippen molar-refractivity contribution < 1.29 is 9.53 Å². The van der Waals surface area contributed by atoms with Gasteiger partial charge < -0.3 is 4.74 Å². The van der Waals surface area contributed by atoms with Gasteiger partial charge in [-0.15, -0.1) is 0 Å². The zero-order valence-corrected chi connectivity index (χ0v) is 14.4. The number of hydrogen-bond donors (Lipinski definition) is 0. The van der Waals surface area contributed by atoms with Gasteiger partial charge in [0.05, 0.1) is 5.41 Å². The van der Waals surface area contributed by atoms with Crippen LogP contribution in [0.1, 0.15) is 73.1 Å². The van der Waals surface area contributed by atoms with E-state index in [1.807, 2.05) is 13.8 Å². The molecule has 21 heavy (non-hydrogen) atoms. The molecule has 0 amide bonds. The van der Waals surface area contributed by atoms with Gasteiger partial charge in [-0.25, -0.2) is 0 Å². The van der Waals surface area contributed by atoms with Crippen LogP contribution in [-0.4, -0.2) is 11.6 Å². The minimum atomic E-state index is -0.376. The van der Waals surface area contributed by atoms with Crippen LogP contribution in [0.4, 0.5) is 0 Å². The Morgan fingerprint density at radius 2 is 1.95 bits per heavy atom. The van der Waals surface area contributed by atoms with Crippen molar-refractivity contribution in [1.82, 2.24) is 0 Å². The van der Waals surface area contributed by atoms with Crippen molar-refractivity contribution in [3.8, 4) is 0 Å². The van der Waals surface area contributed by atoms with Gasteiger partial charge in [-0.3, -0.25) is 4.79 Å². The molecule has 0 spiro atoms. The number of carbonyl (C=O) groups excluding carboxylic acids is 1. The molecule has 2 heteroatoms. The lowest BCUT2D eigenvalue weighted by Crippen LogP contribution is -2.47. The zero-order valence-electron chi connectivity index (χ0n) is 14.4. The molecule has 2 bridgehead atoms. The van der Waals surface area contributed by atoms with Gasteiger partial charge in [-0.1, -0.05) is 27.2 Å². The Morgan fingerprint density at radius 3 is 2.57 bits per heavy atom. The second kappa shape index (κ2) is 4.99.